The molecule has 0 radical (unpaired) electrons. The monoisotopic (exact) mass is 300 g/mol. The second-order valence-electron chi connectivity index (χ2n) is 5.99. The average molecular weight is 300 g/mol. The van der Waals surface area contributed by atoms with Gasteiger partial charge in [0.2, 0.25) is 0 Å². The molecule has 2 unspecified atom stereocenters. The average Bonchev–Trinajstić information content (AvgIpc) is 3.16. The first-order chi connectivity index (χ1) is 10.8. The Hall–Kier alpha value is -1.92. The maximum Gasteiger partial charge on any atom is 0.256 e. The molecule has 2 fully saturated rings. The van der Waals surface area contributed by atoms with Crippen LogP contribution in [0.4, 0.5) is 0 Å². The quantitative estimate of drug-likeness (QED) is 0.935. The van der Waals surface area contributed by atoms with Gasteiger partial charge in [-0.2, -0.15) is 0 Å². The summed E-state index contributed by atoms with van der Waals surface area (Å²) < 4.78 is 7.59. The number of aromatic nitrogens is 3. The first-order valence-corrected chi connectivity index (χ1v) is 7.87. The van der Waals surface area contributed by atoms with Crippen molar-refractivity contribution in [3.8, 4) is 11.6 Å². The van der Waals surface area contributed by atoms with Gasteiger partial charge in [-0.3, -0.25) is 4.90 Å². The molecule has 2 aliphatic rings. The summed E-state index contributed by atoms with van der Waals surface area (Å²) in [5.41, 5.74) is 1.67. The summed E-state index contributed by atoms with van der Waals surface area (Å²) in [6, 6.07) is 10.3. The van der Waals surface area contributed by atoms with Crippen molar-refractivity contribution >= 4 is 0 Å². The Morgan fingerprint density at radius 3 is 2.95 bits per heavy atom. The van der Waals surface area contributed by atoms with Crippen LogP contribution in [0, 0.1) is 0 Å². The van der Waals surface area contributed by atoms with E-state index in [9.17, 15) is 5.11 Å². The molecule has 0 spiro atoms. The molecule has 116 valence electrons. The molecule has 2 aromatic rings. The van der Waals surface area contributed by atoms with Crippen LogP contribution in [0.3, 0.4) is 0 Å². The zero-order valence-corrected chi connectivity index (χ0v) is 12.4. The van der Waals surface area contributed by atoms with Gasteiger partial charge < -0.3 is 9.84 Å². The fourth-order valence-corrected chi connectivity index (χ4v) is 3.60. The highest BCUT2D eigenvalue weighted by Crippen LogP contribution is 2.31. The number of hydrogen-bond acceptors (Lipinski definition) is 5. The lowest BCUT2D eigenvalue weighted by Gasteiger charge is -2.37. The fourth-order valence-electron chi connectivity index (χ4n) is 3.60. The summed E-state index contributed by atoms with van der Waals surface area (Å²) in [6.07, 6.45) is 3.87. The van der Waals surface area contributed by atoms with Crippen LogP contribution in [0.2, 0.25) is 0 Å². The maximum absolute atomic E-state index is 10.1. The van der Waals surface area contributed by atoms with E-state index in [1.165, 1.54) is 12.8 Å². The minimum atomic E-state index is 0.0184. The third-order valence-electron chi connectivity index (χ3n) is 4.69. The number of rotatable bonds is 3. The van der Waals surface area contributed by atoms with Crippen LogP contribution in [0.5, 0.6) is 5.88 Å². The molecule has 2 atom stereocenters. The fraction of sp³-hybridized carbons (Fsp3) is 0.500. The number of ether oxygens (including phenoxy) is 1. The summed E-state index contributed by atoms with van der Waals surface area (Å²) in [7, 11) is 0. The third-order valence-corrected chi connectivity index (χ3v) is 4.69. The van der Waals surface area contributed by atoms with Crippen molar-refractivity contribution < 1.29 is 9.84 Å². The summed E-state index contributed by atoms with van der Waals surface area (Å²) in [4.78, 5) is 2.40. The third kappa shape index (κ3) is 2.38. The van der Waals surface area contributed by atoms with E-state index < -0.39 is 0 Å². The Balaban J connectivity index is 1.62. The van der Waals surface area contributed by atoms with Gasteiger partial charge in [0.1, 0.15) is 5.69 Å². The van der Waals surface area contributed by atoms with Gasteiger partial charge in [0.05, 0.1) is 18.4 Å². The number of hydrogen-bond donors (Lipinski definition) is 1. The van der Waals surface area contributed by atoms with Crippen molar-refractivity contribution in [2.75, 3.05) is 13.2 Å². The predicted octanol–water partition coefficient (Wildman–Crippen LogP) is 1.73. The predicted molar refractivity (Wildman–Crippen MR) is 80.8 cm³/mol. The highest BCUT2D eigenvalue weighted by molar-refractivity contribution is 5.34. The highest BCUT2D eigenvalue weighted by Gasteiger charge is 2.36. The molecule has 6 heteroatoms. The lowest BCUT2D eigenvalue weighted by Crippen LogP contribution is -2.48. The topological polar surface area (TPSA) is 63.4 Å². The zero-order valence-electron chi connectivity index (χ0n) is 12.4. The van der Waals surface area contributed by atoms with Crippen molar-refractivity contribution in [1.29, 1.82) is 0 Å². The standard InChI is InChI=1S/C16H20N4O2/c21-16-14(20(18-17-16)12-5-2-1-3-6-12)11-19-9-10-22-15-8-4-7-13(15)19/h1-3,5-6,13,15,21H,4,7-11H2. The molecular formula is C16H20N4O2. The maximum atomic E-state index is 10.1. The first kappa shape index (κ1) is 13.7. The van der Waals surface area contributed by atoms with Gasteiger partial charge in [-0.05, 0) is 31.4 Å². The van der Waals surface area contributed by atoms with E-state index in [2.05, 4.69) is 15.2 Å². The lowest BCUT2D eigenvalue weighted by molar-refractivity contribution is -0.0595. The Bertz CT molecular complexity index is 643. The zero-order chi connectivity index (χ0) is 14.9. The molecule has 1 aliphatic heterocycles. The SMILES string of the molecule is Oc1nnn(-c2ccccc2)c1CN1CCOC2CCCC21. The molecule has 0 amide bonds. The van der Waals surface area contributed by atoms with E-state index in [0.717, 1.165) is 31.0 Å². The molecule has 1 N–H and O–H groups in total. The van der Waals surface area contributed by atoms with E-state index in [1.807, 2.05) is 30.3 Å². The minimum absolute atomic E-state index is 0.0184. The Morgan fingerprint density at radius 2 is 2.09 bits per heavy atom. The van der Waals surface area contributed by atoms with Crippen LogP contribution in [-0.4, -0.2) is 50.3 Å². The van der Waals surface area contributed by atoms with E-state index in [1.54, 1.807) is 4.68 Å². The molecule has 4 rings (SSSR count). The summed E-state index contributed by atoms with van der Waals surface area (Å²) >= 11 is 0. The van der Waals surface area contributed by atoms with Crippen LogP contribution in [0.15, 0.2) is 30.3 Å². The molecule has 1 aliphatic carbocycles. The van der Waals surface area contributed by atoms with Crippen LogP contribution in [0.1, 0.15) is 25.0 Å². The van der Waals surface area contributed by atoms with Crippen LogP contribution < -0.4 is 0 Å². The number of aromatic hydroxyl groups is 1. The normalized spacial score (nSPS) is 25.3. The van der Waals surface area contributed by atoms with Crippen molar-refractivity contribution in [3.05, 3.63) is 36.0 Å². The van der Waals surface area contributed by atoms with Gasteiger partial charge in [0, 0.05) is 19.1 Å². The van der Waals surface area contributed by atoms with Crippen LogP contribution in [0.25, 0.3) is 5.69 Å². The first-order valence-electron chi connectivity index (χ1n) is 7.87. The number of fused-ring (bicyclic) bond motifs is 1. The molecule has 1 saturated heterocycles. The van der Waals surface area contributed by atoms with Crippen molar-refractivity contribution in [3.63, 3.8) is 0 Å². The van der Waals surface area contributed by atoms with Crippen molar-refractivity contribution in [2.24, 2.45) is 0 Å². The van der Waals surface area contributed by atoms with Gasteiger partial charge >= 0.3 is 0 Å². The second-order valence-corrected chi connectivity index (χ2v) is 5.99. The summed E-state index contributed by atoms with van der Waals surface area (Å²) in [6.45, 7) is 2.30. The molecule has 6 nitrogen and oxygen atoms in total. The van der Waals surface area contributed by atoms with E-state index >= 15 is 0 Å². The van der Waals surface area contributed by atoms with Gasteiger partial charge in [-0.1, -0.05) is 28.5 Å². The number of morpholine rings is 1. The largest absolute Gasteiger partial charge is 0.491 e. The number of para-hydroxylation sites is 1. The van der Waals surface area contributed by atoms with Gasteiger partial charge in [-0.15, -0.1) is 0 Å². The van der Waals surface area contributed by atoms with E-state index in [0.29, 0.717) is 18.7 Å². The molecule has 22 heavy (non-hydrogen) atoms. The Labute approximate surface area is 129 Å². The second kappa shape index (κ2) is 5.70. The summed E-state index contributed by atoms with van der Waals surface area (Å²) in [5, 5.41) is 18.1. The van der Waals surface area contributed by atoms with Gasteiger partial charge in [0.25, 0.3) is 5.88 Å². The Kier molecular flexibility index (Phi) is 3.56. The molecular weight excluding hydrogens is 280 g/mol. The molecule has 2 heterocycles. The Morgan fingerprint density at radius 1 is 1.23 bits per heavy atom. The van der Waals surface area contributed by atoms with E-state index in [-0.39, 0.29) is 5.88 Å². The highest BCUT2D eigenvalue weighted by atomic mass is 16.5. The minimum Gasteiger partial charge on any atom is -0.491 e. The lowest BCUT2D eigenvalue weighted by atomic mass is 10.1. The van der Waals surface area contributed by atoms with Crippen molar-refractivity contribution in [1.82, 2.24) is 19.9 Å². The van der Waals surface area contributed by atoms with Crippen LogP contribution in [-0.2, 0) is 11.3 Å². The molecule has 1 aromatic carbocycles. The number of nitrogens with zero attached hydrogens (tertiary/aromatic N) is 4. The van der Waals surface area contributed by atoms with Gasteiger partial charge in [0.15, 0.2) is 0 Å². The van der Waals surface area contributed by atoms with Crippen LogP contribution >= 0.6 is 0 Å². The number of benzene rings is 1. The molecule has 1 aromatic heterocycles. The smallest absolute Gasteiger partial charge is 0.256 e. The molecule has 0 bridgehead atoms. The molecule has 1 saturated carbocycles. The van der Waals surface area contributed by atoms with E-state index in [4.69, 9.17) is 4.74 Å². The summed E-state index contributed by atoms with van der Waals surface area (Å²) in [5.74, 6) is 0.0184. The van der Waals surface area contributed by atoms with Gasteiger partial charge in [-0.25, -0.2) is 4.68 Å². The van der Waals surface area contributed by atoms with Crippen molar-refractivity contribution in [2.45, 2.75) is 38.0 Å².